The first-order chi connectivity index (χ1) is 6.20. The van der Waals surface area contributed by atoms with Crippen molar-refractivity contribution in [3.63, 3.8) is 0 Å². The summed E-state index contributed by atoms with van der Waals surface area (Å²) in [5, 5.41) is 0.273. The van der Waals surface area contributed by atoms with E-state index in [0.29, 0.717) is 11.1 Å². The fraction of sp³-hybridized carbons (Fsp3) is 0.111. The van der Waals surface area contributed by atoms with Crippen LogP contribution in [0.1, 0.15) is 17.3 Å². The molecule has 0 bridgehead atoms. The first kappa shape index (κ1) is 7.91. The molecule has 2 aromatic heterocycles. The van der Waals surface area contributed by atoms with Crippen LogP contribution in [0.3, 0.4) is 0 Å². The number of Topliss-reactive ketones (excluding diaryl/α,β-unsaturated/α-hetero) is 1. The van der Waals surface area contributed by atoms with Gasteiger partial charge in [0.15, 0.2) is 5.78 Å². The molecule has 2 heterocycles. The quantitative estimate of drug-likeness (QED) is 0.535. The molecule has 0 saturated heterocycles. The van der Waals surface area contributed by atoms with Crippen LogP contribution in [0, 0.1) is 5.95 Å². The molecule has 0 radical (unpaired) electrons. The van der Waals surface area contributed by atoms with Gasteiger partial charge in [0.1, 0.15) is 0 Å². The van der Waals surface area contributed by atoms with E-state index in [4.69, 9.17) is 0 Å². The second-order valence-corrected chi connectivity index (χ2v) is 2.78. The number of carbonyl (C=O) groups excluding carboxylic acids is 1. The number of ketones is 1. The minimum absolute atomic E-state index is 0.168. The van der Waals surface area contributed by atoms with Crippen LogP contribution in [0.5, 0.6) is 0 Å². The van der Waals surface area contributed by atoms with Crippen molar-refractivity contribution >= 4 is 16.7 Å². The molecule has 1 N–H and O–H groups in total. The maximum absolute atomic E-state index is 13.2. The summed E-state index contributed by atoms with van der Waals surface area (Å²) < 4.78 is 13.2. The van der Waals surface area contributed by atoms with Crippen molar-refractivity contribution in [1.82, 2.24) is 9.97 Å². The molecule has 0 fully saturated rings. The molecule has 3 nitrogen and oxygen atoms in total. The number of hydrogen-bond donors (Lipinski definition) is 1. The van der Waals surface area contributed by atoms with Crippen LogP contribution in [0.2, 0.25) is 0 Å². The average molecular weight is 178 g/mol. The zero-order valence-electron chi connectivity index (χ0n) is 6.97. The van der Waals surface area contributed by atoms with Crippen LogP contribution in [0.15, 0.2) is 18.5 Å². The molecule has 0 aliphatic carbocycles. The standard InChI is InChI=1S/C9H7FN2O/c1-5(13)6-4-12-7-2-3-11-9(10)8(6)7/h2-4,12H,1H3. The molecule has 2 aromatic rings. The van der Waals surface area contributed by atoms with Gasteiger partial charge in [-0.05, 0) is 13.0 Å². The van der Waals surface area contributed by atoms with Crippen molar-refractivity contribution in [2.75, 3.05) is 0 Å². The lowest BCUT2D eigenvalue weighted by atomic mass is 10.1. The molecule has 0 spiro atoms. The number of nitrogens with zero attached hydrogens (tertiary/aromatic N) is 1. The van der Waals surface area contributed by atoms with Gasteiger partial charge in [0, 0.05) is 18.0 Å². The number of rotatable bonds is 1. The molecule has 66 valence electrons. The maximum Gasteiger partial charge on any atom is 0.223 e. The number of pyridine rings is 1. The zero-order chi connectivity index (χ0) is 9.42. The highest BCUT2D eigenvalue weighted by atomic mass is 19.1. The summed E-state index contributed by atoms with van der Waals surface area (Å²) in [7, 11) is 0. The summed E-state index contributed by atoms with van der Waals surface area (Å²) in [5.74, 6) is -0.776. The number of H-pyrrole nitrogens is 1. The Morgan fingerprint density at radius 3 is 3.08 bits per heavy atom. The molecule has 0 atom stereocenters. The SMILES string of the molecule is CC(=O)c1c[nH]c2ccnc(F)c12. The molecule has 0 aliphatic heterocycles. The molecule has 2 rings (SSSR count). The van der Waals surface area contributed by atoms with E-state index in [1.54, 1.807) is 6.07 Å². The predicted octanol–water partition coefficient (Wildman–Crippen LogP) is 1.90. The highest BCUT2D eigenvalue weighted by Gasteiger charge is 2.11. The Kier molecular flexibility index (Phi) is 1.62. The van der Waals surface area contributed by atoms with Gasteiger partial charge >= 0.3 is 0 Å². The van der Waals surface area contributed by atoms with Crippen LogP contribution >= 0.6 is 0 Å². The molecule has 0 aromatic carbocycles. The maximum atomic E-state index is 13.2. The Bertz CT molecular complexity index is 475. The first-order valence-electron chi connectivity index (χ1n) is 3.82. The topological polar surface area (TPSA) is 45.8 Å². The smallest absolute Gasteiger partial charge is 0.223 e. The van der Waals surface area contributed by atoms with E-state index >= 15 is 0 Å². The van der Waals surface area contributed by atoms with Gasteiger partial charge in [0.25, 0.3) is 0 Å². The fourth-order valence-corrected chi connectivity index (χ4v) is 1.31. The lowest BCUT2D eigenvalue weighted by Gasteiger charge is -1.93. The molecular weight excluding hydrogens is 171 g/mol. The van der Waals surface area contributed by atoms with Crippen molar-refractivity contribution in [3.8, 4) is 0 Å². The van der Waals surface area contributed by atoms with E-state index in [2.05, 4.69) is 9.97 Å². The molecule has 4 heteroatoms. The van der Waals surface area contributed by atoms with Crippen molar-refractivity contribution in [3.05, 3.63) is 30.0 Å². The van der Waals surface area contributed by atoms with Crippen LogP contribution in [-0.2, 0) is 0 Å². The van der Waals surface area contributed by atoms with Crippen LogP contribution in [0.4, 0.5) is 4.39 Å². The first-order valence-corrected chi connectivity index (χ1v) is 3.82. The third-order valence-corrected chi connectivity index (χ3v) is 1.93. The fourth-order valence-electron chi connectivity index (χ4n) is 1.31. The summed E-state index contributed by atoms with van der Waals surface area (Å²) in [4.78, 5) is 17.4. The Balaban J connectivity index is 2.86. The summed E-state index contributed by atoms with van der Waals surface area (Å²) in [6, 6.07) is 1.63. The van der Waals surface area contributed by atoms with Crippen LogP contribution in [-0.4, -0.2) is 15.8 Å². The van der Waals surface area contributed by atoms with E-state index in [-0.39, 0.29) is 11.2 Å². The number of aromatic amines is 1. The van der Waals surface area contributed by atoms with E-state index in [0.717, 1.165) is 0 Å². The average Bonchev–Trinajstić information content (AvgIpc) is 2.49. The van der Waals surface area contributed by atoms with E-state index < -0.39 is 5.95 Å². The Morgan fingerprint density at radius 1 is 1.62 bits per heavy atom. The van der Waals surface area contributed by atoms with Crippen molar-refractivity contribution < 1.29 is 9.18 Å². The van der Waals surface area contributed by atoms with Gasteiger partial charge in [-0.2, -0.15) is 4.39 Å². The summed E-state index contributed by atoms with van der Waals surface area (Å²) in [6.07, 6.45) is 2.86. The summed E-state index contributed by atoms with van der Waals surface area (Å²) in [6.45, 7) is 1.40. The third kappa shape index (κ3) is 1.11. The molecular formula is C9H7FN2O. The van der Waals surface area contributed by atoms with Gasteiger partial charge in [-0.1, -0.05) is 0 Å². The van der Waals surface area contributed by atoms with Gasteiger partial charge in [-0.3, -0.25) is 4.79 Å². The normalized spacial score (nSPS) is 10.6. The summed E-state index contributed by atoms with van der Waals surface area (Å²) >= 11 is 0. The van der Waals surface area contributed by atoms with Gasteiger partial charge in [-0.15, -0.1) is 0 Å². The molecule has 0 unspecified atom stereocenters. The third-order valence-electron chi connectivity index (χ3n) is 1.93. The highest BCUT2D eigenvalue weighted by Crippen LogP contribution is 2.19. The van der Waals surface area contributed by atoms with Gasteiger partial charge in [0.2, 0.25) is 5.95 Å². The van der Waals surface area contributed by atoms with E-state index in [1.807, 2.05) is 0 Å². The minimum atomic E-state index is -0.607. The molecule has 0 aliphatic rings. The molecule has 0 amide bonds. The Morgan fingerprint density at radius 2 is 2.38 bits per heavy atom. The molecule has 0 saturated carbocycles. The second-order valence-electron chi connectivity index (χ2n) is 2.78. The highest BCUT2D eigenvalue weighted by molar-refractivity contribution is 6.06. The zero-order valence-corrected chi connectivity index (χ0v) is 6.97. The summed E-state index contributed by atoms with van der Waals surface area (Å²) in [5.41, 5.74) is 0.943. The lowest BCUT2D eigenvalue weighted by molar-refractivity contribution is 0.101. The van der Waals surface area contributed by atoms with E-state index in [1.165, 1.54) is 19.3 Å². The number of nitrogens with one attached hydrogen (secondary N) is 1. The minimum Gasteiger partial charge on any atom is -0.360 e. The monoisotopic (exact) mass is 178 g/mol. The second kappa shape index (κ2) is 2.65. The number of fused-ring (bicyclic) bond motifs is 1. The van der Waals surface area contributed by atoms with Crippen LogP contribution < -0.4 is 0 Å². The largest absolute Gasteiger partial charge is 0.360 e. The van der Waals surface area contributed by atoms with Crippen molar-refractivity contribution in [1.29, 1.82) is 0 Å². The van der Waals surface area contributed by atoms with Gasteiger partial charge in [0.05, 0.1) is 10.9 Å². The number of halogens is 1. The Labute approximate surface area is 73.6 Å². The van der Waals surface area contributed by atoms with E-state index in [9.17, 15) is 9.18 Å². The number of hydrogen-bond acceptors (Lipinski definition) is 2. The number of carbonyl (C=O) groups is 1. The van der Waals surface area contributed by atoms with Crippen LogP contribution in [0.25, 0.3) is 10.9 Å². The number of aromatic nitrogens is 2. The van der Waals surface area contributed by atoms with Crippen molar-refractivity contribution in [2.24, 2.45) is 0 Å². The van der Waals surface area contributed by atoms with Crippen molar-refractivity contribution in [2.45, 2.75) is 6.92 Å². The Hall–Kier alpha value is -1.71. The lowest BCUT2D eigenvalue weighted by Crippen LogP contribution is -1.92. The molecule has 13 heavy (non-hydrogen) atoms. The van der Waals surface area contributed by atoms with Gasteiger partial charge < -0.3 is 4.98 Å². The van der Waals surface area contributed by atoms with Gasteiger partial charge in [-0.25, -0.2) is 4.98 Å². The predicted molar refractivity (Wildman–Crippen MR) is 46.1 cm³/mol.